The van der Waals surface area contributed by atoms with Gasteiger partial charge in [-0.1, -0.05) is 54.1 Å². The third-order valence-electron chi connectivity index (χ3n) is 3.71. The van der Waals surface area contributed by atoms with Crippen molar-refractivity contribution in [2.75, 3.05) is 14.2 Å². The zero-order valence-corrected chi connectivity index (χ0v) is 13.1. The van der Waals surface area contributed by atoms with E-state index in [1.165, 1.54) is 31.6 Å². The van der Waals surface area contributed by atoms with E-state index in [1.807, 2.05) is 12.1 Å². The molecule has 1 aliphatic carbocycles. The Morgan fingerprint density at radius 3 is 2.64 bits per heavy atom. The highest BCUT2D eigenvalue weighted by atomic mass is 16.5. The highest BCUT2D eigenvalue weighted by Crippen LogP contribution is 2.27. The Morgan fingerprint density at radius 1 is 1.18 bits per heavy atom. The Balaban J connectivity index is 1.90. The summed E-state index contributed by atoms with van der Waals surface area (Å²) in [5, 5.41) is 0. The number of rotatable bonds is 7. The van der Waals surface area contributed by atoms with Crippen molar-refractivity contribution in [3.8, 4) is 0 Å². The minimum atomic E-state index is -0.349. The van der Waals surface area contributed by atoms with Crippen LogP contribution in [0.15, 0.2) is 66.0 Å². The molecular formula is C19H22O3. The predicted octanol–water partition coefficient (Wildman–Crippen LogP) is 3.83. The van der Waals surface area contributed by atoms with Crippen molar-refractivity contribution in [3.63, 3.8) is 0 Å². The third kappa shape index (κ3) is 4.35. The average Bonchev–Trinajstić information content (AvgIpc) is 3.01. The lowest BCUT2D eigenvalue weighted by atomic mass is 10.0. The van der Waals surface area contributed by atoms with Crippen molar-refractivity contribution < 1.29 is 14.3 Å². The van der Waals surface area contributed by atoms with Gasteiger partial charge in [0.1, 0.15) is 0 Å². The largest absolute Gasteiger partial charge is 0.504 e. The fraction of sp³-hybridized carbons (Fsp3) is 0.316. The molecule has 22 heavy (non-hydrogen) atoms. The van der Waals surface area contributed by atoms with Crippen LogP contribution in [0, 0.1) is 5.92 Å². The van der Waals surface area contributed by atoms with Gasteiger partial charge in [0.05, 0.1) is 26.1 Å². The zero-order chi connectivity index (χ0) is 15.8. The normalized spacial score (nSPS) is 17.3. The molecule has 1 aliphatic rings. The number of hydrogen-bond acceptors (Lipinski definition) is 3. The maximum atomic E-state index is 11.8. The van der Waals surface area contributed by atoms with Gasteiger partial charge in [0.25, 0.3) is 0 Å². The molecule has 0 bridgehead atoms. The second-order valence-corrected chi connectivity index (χ2v) is 5.27. The Bertz CT molecular complexity index is 582. The summed E-state index contributed by atoms with van der Waals surface area (Å²) in [7, 11) is 2.92. The van der Waals surface area contributed by atoms with Gasteiger partial charge in [-0.15, -0.1) is 0 Å². The van der Waals surface area contributed by atoms with Crippen LogP contribution < -0.4 is 0 Å². The molecule has 0 spiro atoms. The number of esters is 1. The molecule has 2 rings (SSSR count). The smallest absolute Gasteiger partial charge is 0.337 e. The van der Waals surface area contributed by atoms with Crippen LogP contribution >= 0.6 is 0 Å². The first-order valence-electron chi connectivity index (χ1n) is 7.48. The number of ether oxygens (including phenoxy) is 2. The Morgan fingerprint density at radius 2 is 1.95 bits per heavy atom. The first-order chi connectivity index (χ1) is 10.7. The van der Waals surface area contributed by atoms with Crippen LogP contribution in [0.5, 0.6) is 0 Å². The molecule has 0 saturated carbocycles. The van der Waals surface area contributed by atoms with Gasteiger partial charge in [0.15, 0.2) is 0 Å². The number of benzene rings is 1. The number of hydrogen-bond donors (Lipinski definition) is 0. The SMILES string of the molecule is CO/C=C(/C(=O)OC)C1C=CC(CCCc2ccccc2)=C1. The summed E-state index contributed by atoms with van der Waals surface area (Å²) in [5.74, 6) is -0.405. The quantitative estimate of drug-likeness (QED) is 0.436. The molecule has 116 valence electrons. The molecule has 0 saturated heterocycles. The lowest BCUT2D eigenvalue weighted by molar-refractivity contribution is -0.136. The fourth-order valence-corrected chi connectivity index (χ4v) is 2.58. The first-order valence-corrected chi connectivity index (χ1v) is 7.48. The highest BCUT2D eigenvalue weighted by molar-refractivity contribution is 5.89. The second kappa shape index (κ2) is 8.23. The Labute approximate surface area is 131 Å². The molecule has 0 radical (unpaired) electrons. The van der Waals surface area contributed by atoms with Crippen LogP contribution in [0.4, 0.5) is 0 Å². The molecule has 0 heterocycles. The van der Waals surface area contributed by atoms with E-state index in [9.17, 15) is 4.79 Å². The Kier molecular flexibility index (Phi) is 6.01. The summed E-state index contributed by atoms with van der Waals surface area (Å²) in [5.41, 5.74) is 3.14. The number of aryl methyl sites for hydroxylation is 1. The van der Waals surface area contributed by atoms with Gasteiger partial charge in [-0.05, 0) is 24.8 Å². The lowest BCUT2D eigenvalue weighted by Gasteiger charge is -2.08. The maximum absolute atomic E-state index is 11.8. The standard InChI is InChI=1S/C19H22O3/c1-21-14-18(19(20)22-2)17-12-11-16(13-17)10-6-9-15-7-4-3-5-8-15/h3-5,7-8,11-14,17H,6,9-10H2,1-2H3/b18-14+. The third-order valence-corrected chi connectivity index (χ3v) is 3.71. The van der Waals surface area contributed by atoms with Gasteiger partial charge >= 0.3 is 5.97 Å². The van der Waals surface area contributed by atoms with Gasteiger partial charge in [-0.2, -0.15) is 0 Å². The second-order valence-electron chi connectivity index (χ2n) is 5.27. The minimum absolute atomic E-state index is 0.0564. The summed E-state index contributed by atoms with van der Waals surface area (Å²) >= 11 is 0. The van der Waals surface area contributed by atoms with Crippen LogP contribution in [-0.4, -0.2) is 20.2 Å². The number of carbonyl (C=O) groups excluding carboxylic acids is 1. The molecule has 1 unspecified atom stereocenters. The van der Waals surface area contributed by atoms with Crippen LogP contribution in [0.2, 0.25) is 0 Å². The molecule has 1 atom stereocenters. The number of allylic oxidation sites excluding steroid dienone is 4. The van der Waals surface area contributed by atoms with Crippen molar-refractivity contribution in [2.45, 2.75) is 19.3 Å². The summed E-state index contributed by atoms with van der Waals surface area (Å²) < 4.78 is 9.79. The van der Waals surface area contributed by atoms with E-state index in [0.29, 0.717) is 5.57 Å². The number of carbonyl (C=O) groups is 1. The topological polar surface area (TPSA) is 35.5 Å². The highest BCUT2D eigenvalue weighted by Gasteiger charge is 2.21. The van der Waals surface area contributed by atoms with Crippen molar-refractivity contribution in [3.05, 3.63) is 71.5 Å². The molecule has 0 fully saturated rings. The van der Waals surface area contributed by atoms with Crippen LogP contribution in [0.25, 0.3) is 0 Å². The van der Waals surface area contributed by atoms with Crippen LogP contribution in [0.3, 0.4) is 0 Å². The molecule has 0 aromatic heterocycles. The molecule has 0 amide bonds. The molecule has 3 heteroatoms. The van der Waals surface area contributed by atoms with Crippen molar-refractivity contribution in [1.29, 1.82) is 0 Å². The molecular weight excluding hydrogens is 276 g/mol. The van der Waals surface area contributed by atoms with Gasteiger partial charge < -0.3 is 9.47 Å². The number of methoxy groups -OCH3 is 2. The van der Waals surface area contributed by atoms with Gasteiger partial charge in [-0.25, -0.2) is 4.79 Å². The lowest BCUT2D eigenvalue weighted by Crippen LogP contribution is -2.11. The van der Waals surface area contributed by atoms with E-state index in [4.69, 9.17) is 9.47 Å². The predicted molar refractivity (Wildman–Crippen MR) is 87.2 cm³/mol. The van der Waals surface area contributed by atoms with Gasteiger partial charge in [-0.3, -0.25) is 0 Å². The van der Waals surface area contributed by atoms with Crippen LogP contribution in [-0.2, 0) is 20.7 Å². The van der Waals surface area contributed by atoms with E-state index in [1.54, 1.807) is 0 Å². The molecule has 0 N–H and O–H groups in total. The van der Waals surface area contributed by atoms with E-state index < -0.39 is 0 Å². The fourth-order valence-electron chi connectivity index (χ4n) is 2.58. The molecule has 1 aromatic carbocycles. The van der Waals surface area contributed by atoms with Crippen molar-refractivity contribution in [1.82, 2.24) is 0 Å². The van der Waals surface area contributed by atoms with E-state index in [2.05, 4.69) is 36.4 Å². The molecule has 0 aliphatic heterocycles. The minimum Gasteiger partial charge on any atom is -0.504 e. The zero-order valence-electron chi connectivity index (χ0n) is 13.1. The summed E-state index contributed by atoms with van der Waals surface area (Å²) in [6, 6.07) is 10.5. The summed E-state index contributed by atoms with van der Waals surface area (Å²) in [4.78, 5) is 11.8. The van der Waals surface area contributed by atoms with Crippen molar-refractivity contribution >= 4 is 5.97 Å². The summed E-state index contributed by atoms with van der Waals surface area (Å²) in [6.07, 6.45) is 10.8. The van der Waals surface area contributed by atoms with E-state index >= 15 is 0 Å². The van der Waals surface area contributed by atoms with E-state index in [0.717, 1.165) is 19.3 Å². The Hall–Kier alpha value is -2.29. The van der Waals surface area contributed by atoms with E-state index in [-0.39, 0.29) is 11.9 Å². The van der Waals surface area contributed by atoms with Gasteiger partial charge in [0, 0.05) is 5.92 Å². The average molecular weight is 298 g/mol. The van der Waals surface area contributed by atoms with Crippen molar-refractivity contribution in [2.24, 2.45) is 5.92 Å². The first kappa shape index (κ1) is 16.1. The monoisotopic (exact) mass is 298 g/mol. The van der Waals surface area contributed by atoms with Gasteiger partial charge in [0.2, 0.25) is 0 Å². The molecule has 1 aromatic rings. The maximum Gasteiger partial charge on any atom is 0.337 e. The van der Waals surface area contributed by atoms with Crippen LogP contribution in [0.1, 0.15) is 18.4 Å². The molecule has 3 nitrogen and oxygen atoms in total. The summed E-state index contributed by atoms with van der Waals surface area (Å²) in [6.45, 7) is 0.